The Bertz CT molecular complexity index is 509. The molecule has 2 aromatic rings. The van der Waals surface area contributed by atoms with E-state index in [0.29, 0.717) is 0 Å². The van der Waals surface area contributed by atoms with Crippen LogP contribution >= 0.6 is 11.8 Å². The fraction of sp³-hybridized carbons (Fsp3) is 0.417. The topological polar surface area (TPSA) is 55.6 Å². The first-order valence-corrected chi connectivity index (χ1v) is 6.71. The number of rotatable bonds is 5. The van der Waals surface area contributed by atoms with Gasteiger partial charge >= 0.3 is 0 Å². The molecule has 0 bridgehead atoms. The van der Waals surface area contributed by atoms with E-state index < -0.39 is 0 Å². The van der Waals surface area contributed by atoms with Crippen molar-refractivity contribution in [2.75, 3.05) is 6.54 Å². The van der Waals surface area contributed by atoms with Crippen molar-refractivity contribution in [1.82, 2.24) is 25.1 Å². The molecule has 0 fully saturated rings. The van der Waals surface area contributed by atoms with Crippen LogP contribution in [0.2, 0.25) is 0 Å². The van der Waals surface area contributed by atoms with E-state index in [-0.39, 0.29) is 0 Å². The molecule has 2 aromatic heterocycles. The second kappa shape index (κ2) is 5.97. The second-order valence-electron chi connectivity index (χ2n) is 3.92. The number of hydrogen-bond donors (Lipinski definition) is 1. The maximum absolute atomic E-state index is 4.47. The molecule has 0 aromatic carbocycles. The van der Waals surface area contributed by atoms with Gasteiger partial charge in [0, 0.05) is 31.5 Å². The van der Waals surface area contributed by atoms with E-state index in [1.165, 1.54) is 5.56 Å². The van der Waals surface area contributed by atoms with Gasteiger partial charge in [-0.1, -0.05) is 6.92 Å². The summed E-state index contributed by atoms with van der Waals surface area (Å²) in [6, 6.07) is 0. The van der Waals surface area contributed by atoms with Crippen LogP contribution in [0.4, 0.5) is 0 Å². The van der Waals surface area contributed by atoms with Crippen molar-refractivity contribution in [2.45, 2.75) is 30.4 Å². The third-order valence-corrected chi connectivity index (χ3v) is 3.71. The minimum absolute atomic E-state index is 0.832. The van der Waals surface area contributed by atoms with Crippen molar-refractivity contribution in [1.29, 1.82) is 0 Å². The third-order valence-electron chi connectivity index (χ3n) is 2.58. The molecule has 0 spiro atoms. The highest BCUT2D eigenvalue weighted by Crippen LogP contribution is 2.29. The molecule has 0 aliphatic heterocycles. The Morgan fingerprint density at radius 3 is 2.89 bits per heavy atom. The van der Waals surface area contributed by atoms with Crippen LogP contribution in [-0.4, -0.2) is 26.3 Å². The lowest BCUT2D eigenvalue weighted by Crippen LogP contribution is -2.12. The highest BCUT2D eigenvalue weighted by atomic mass is 32.2. The molecule has 6 heteroatoms. The quantitative estimate of drug-likeness (QED) is 0.891. The molecule has 0 saturated heterocycles. The Kier molecular flexibility index (Phi) is 4.33. The van der Waals surface area contributed by atoms with Gasteiger partial charge < -0.3 is 5.32 Å². The summed E-state index contributed by atoms with van der Waals surface area (Å²) in [6.07, 6.45) is 5.15. The summed E-state index contributed by atoms with van der Waals surface area (Å²) in [7, 11) is 1.96. The van der Waals surface area contributed by atoms with Crippen molar-refractivity contribution >= 4 is 11.8 Å². The zero-order valence-electron chi connectivity index (χ0n) is 10.8. The Labute approximate surface area is 111 Å². The summed E-state index contributed by atoms with van der Waals surface area (Å²) in [5.41, 5.74) is 2.29. The molecule has 1 N–H and O–H groups in total. The third kappa shape index (κ3) is 2.88. The van der Waals surface area contributed by atoms with Gasteiger partial charge in [0.2, 0.25) is 0 Å². The predicted octanol–water partition coefficient (Wildman–Crippen LogP) is 1.78. The molecule has 0 saturated carbocycles. The van der Waals surface area contributed by atoms with E-state index in [1.807, 2.05) is 18.7 Å². The van der Waals surface area contributed by atoms with Crippen molar-refractivity contribution in [3.63, 3.8) is 0 Å². The number of nitrogens with zero attached hydrogens (tertiary/aromatic N) is 4. The van der Waals surface area contributed by atoms with Gasteiger partial charge in [0.05, 0.1) is 11.9 Å². The van der Waals surface area contributed by atoms with Crippen LogP contribution in [0, 0.1) is 6.92 Å². The molecule has 0 aliphatic carbocycles. The molecule has 96 valence electrons. The van der Waals surface area contributed by atoms with Gasteiger partial charge in [0.15, 0.2) is 0 Å². The van der Waals surface area contributed by atoms with E-state index in [0.717, 1.165) is 28.8 Å². The lowest BCUT2D eigenvalue weighted by Gasteiger charge is -2.06. The molecule has 0 unspecified atom stereocenters. The van der Waals surface area contributed by atoms with Gasteiger partial charge in [-0.2, -0.15) is 5.10 Å². The first-order valence-electron chi connectivity index (χ1n) is 5.89. The Morgan fingerprint density at radius 1 is 1.39 bits per heavy atom. The van der Waals surface area contributed by atoms with Crippen molar-refractivity contribution in [3.8, 4) is 0 Å². The SMILES string of the molecule is CCNCc1c(C)nn(C)c1Sc1cnccn1. The van der Waals surface area contributed by atoms with Crippen LogP contribution in [0.15, 0.2) is 28.6 Å². The summed E-state index contributed by atoms with van der Waals surface area (Å²) in [5, 5.41) is 9.82. The van der Waals surface area contributed by atoms with Gasteiger partial charge in [-0.25, -0.2) is 4.98 Å². The summed E-state index contributed by atoms with van der Waals surface area (Å²) >= 11 is 1.60. The van der Waals surface area contributed by atoms with Crippen molar-refractivity contribution < 1.29 is 0 Å². The average Bonchev–Trinajstić information content (AvgIpc) is 2.63. The Balaban J connectivity index is 2.26. The molecule has 2 heterocycles. The van der Waals surface area contributed by atoms with Crippen LogP contribution in [-0.2, 0) is 13.6 Å². The number of nitrogens with one attached hydrogen (secondary N) is 1. The maximum atomic E-state index is 4.47. The molecule has 18 heavy (non-hydrogen) atoms. The van der Waals surface area contributed by atoms with Gasteiger partial charge in [-0.05, 0) is 25.2 Å². The van der Waals surface area contributed by atoms with Gasteiger partial charge in [-0.15, -0.1) is 0 Å². The Morgan fingerprint density at radius 2 is 2.22 bits per heavy atom. The molecule has 0 aliphatic rings. The van der Waals surface area contributed by atoms with Crippen LogP contribution in [0.25, 0.3) is 0 Å². The molecule has 0 atom stereocenters. The predicted molar refractivity (Wildman–Crippen MR) is 71.5 cm³/mol. The normalized spacial score (nSPS) is 10.8. The average molecular weight is 263 g/mol. The zero-order valence-corrected chi connectivity index (χ0v) is 11.7. The first kappa shape index (κ1) is 13.0. The molecular weight excluding hydrogens is 246 g/mol. The summed E-state index contributed by atoms with van der Waals surface area (Å²) in [4.78, 5) is 8.37. The van der Waals surface area contributed by atoms with Gasteiger partial charge in [0.1, 0.15) is 10.1 Å². The lowest BCUT2D eigenvalue weighted by molar-refractivity contribution is 0.673. The smallest absolute Gasteiger partial charge is 0.121 e. The molecule has 0 radical (unpaired) electrons. The highest BCUT2D eigenvalue weighted by molar-refractivity contribution is 7.99. The molecule has 5 nitrogen and oxygen atoms in total. The lowest BCUT2D eigenvalue weighted by atomic mass is 10.2. The molecular formula is C12H17N5S. The largest absolute Gasteiger partial charge is 0.313 e. The highest BCUT2D eigenvalue weighted by Gasteiger charge is 2.14. The minimum Gasteiger partial charge on any atom is -0.313 e. The van der Waals surface area contributed by atoms with Crippen molar-refractivity contribution in [3.05, 3.63) is 29.8 Å². The maximum Gasteiger partial charge on any atom is 0.121 e. The van der Waals surface area contributed by atoms with Gasteiger partial charge in [0.25, 0.3) is 0 Å². The summed E-state index contributed by atoms with van der Waals surface area (Å²) < 4.78 is 1.90. The summed E-state index contributed by atoms with van der Waals surface area (Å²) in [6.45, 7) is 5.91. The van der Waals surface area contributed by atoms with Crippen LogP contribution in [0.3, 0.4) is 0 Å². The zero-order chi connectivity index (χ0) is 13.0. The van der Waals surface area contributed by atoms with E-state index in [9.17, 15) is 0 Å². The van der Waals surface area contributed by atoms with Crippen molar-refractivity contribution in [2.24, 2.45) is 7.05 Å². The number of hydrogen-bond acceptors (Lipinski definition) is 5. The van der Waals surface area contributed by atoms with E-state index in [2.05, 4.69) is 27.3 Å². The van der Waals surface area contributed by atoms with E-state index in [4.69, 9.17) is 0 Å². The van der Waals surface area contributed by atoms with Crippen LogP contribution in [0.1, 0.15) is 18.2 Å². The fourth-order valence-corrected chi connectivity index (χ4v) is 2.64. The molecule has 0 amide bonds. The first-order chi connectivity index (χ1) is 8.72. The number of aromatic nitrogens is 4. The molecule has 2 rings (SSSR count). The van der Waals surface area contributed by atoms with Crippen LogP contribution in [0.5, 0.6) is 0 Å². The second-order valence-corrected chi connectivity index (χ2v) is 4.93. The Hall–Kier alpha value is -1.40. The minimum atomic E-state index is 0.832. The fourth-order valence-electron chi connectivity index (χ4n) is 1.70. The van der Waals surface area contributed by atoms with Crippen LogP contribution < -0.4 is 5.32 Å². The standard InChI is InChI=1S/C12H17N5S/c1-4-13-7-10-9(2)16-17(3)12(10)18-11-8-14-5-6-15-11/h5-6,8,13H,4,7H2,1-3H3. The number of aryl methyl sites for hydroxylation is 2. The van der Waals surface area contributed by atoms with E-state index in [1.54, 1.807) is 30.4 Å². The van der Waals surface area contributed by atoms with Gasteiger partial charge in [-0.3, -0.25) is 9.67 Å². The van der Waals surface area contributed by atoms with E-state index >= 15 is 0 Å². The monoisotopic (exact) mass is 263 g/mol. The summed E-state index contributed by atoms with van der Waals surface area (Å²) in [5.74, 6) is 0.